The van der Waals surface area contributed by atoms with Gasteiger partial charge < -0.3 is 24.0 Å². The summed E-state index contributed by atoms with van der Waals surface area (Å²) in [6, 6.07) is 14.7. The number of rotatable bonds is 9. The van der Waals surface area contributed by atoms with Crippen molar-refractivity contribution in [3.05, 3.63) is 82.0 Å². The van der Waals surface area contributed by atoms with Crippen LogP contribution in [-0.2, 0) is 20.9 Å². The van der Waals surface area contributed by atoms with Crippen LogP contribution in [0.25, 0.3) is 0 Å². The molecule has 2 aliphatic heterocycles. The SMILES string of the molecule is CCC1=C(C(=O)OC)[C@H](c2cc(OC)ccc2OC)N2C(CC(=O)N(C)Cc3ccccc3)=CSC2=N1. The first-order valence-electron chi connectivity index (χ1n) is 12.0. The van der Waals surface area contributed by atoms with Crippen LogP contribution in [0.15, 0.2) is 75.9 Å². The fourth-order valence-electron chi connectivity index (χ4n) is 4.49. The Morgan fingerprint density at radius 1 is 1.08 bits per heavy atom. The van der Waals surface area contributed by atoms with E-state index in [1.54, 1.807) is 32.2 Å². The van der Waals surface area contributed by atoms with Gasteiger partial charge in [0.05, 0.1) is 45.1 Å². The Balaban J connectivity index is 1.73. The highest BCUT2D eigenvalue weighted by atomic mass is 32.2. The van der Waals surface area contributed by atoms with Gasteiger partial charge in [-0.3, -0.25) is 4.79 Å². The molecule has 2 aromatic carbocycles. The molecule has 0 saturated carbocycles. The number of allylic oxidation sites excluding steroid dienone is 1. The van der Waals surface area contributed by atoms with Crippen LogP contribution < -0.4 is 9.47 Å². The van der Waals surface area contributed by atoms with Crippen molar-refractivity contribution in [3.8, 4) is 11.5 Å². The molecule has 9 heteroatoms. The van der Waals surface area contributed by atoms with E-state index in [-0.39, 0.29) is 12.3 Å². The van der Waals surface area contributed by atoms with Gasteiger partial charge in [-0.25, -0.2) is 9.79 Å². The average molecular weight is 522 g/mol. The Bertz CT molecular complexity index is 1270. The standard InChI is InChI=1S/C28H31N3O5S/c1-6-22-25(27(33)36-5)26(21-15-20(34-3)12-13-23(21)35-4)31-19(17-37-28(31)29-22)14-24(32)30(2)16-18-10-8-7-9-11-18/h7-13,15,17,26H,6,14,16H2,1-5H3/t26-/m0/s1. The number of fused-ring (bicyclic) bond motifs is 1. The Morgan fingerprint density at radius 3 is 2.49 bits per heavy atom. The van der Waals surface area contributed by atoms with Gasteiger partial charge in [0, 0.05) is 24.9 Å². The van der Waals surface area contributed by atoms with Gasteiger partial charge in [-0.1, -0.05) is 49.0 Å². The first-order chi connectivity index (χ1) is 17.9. The zero-order valence-corrected chi connectivity index (χ0v) is 22.5. The predicted molar refractivity (Wildman–Crippen MR) is 144 cm³/mol. The first kappa shape index (κ1) is 26.3. The quantitative estimate of drug-likeness (QED) is 0.435. The van der Waals surface area contributed by atoms with E-state index < -0.39 is 12.0 Å². The third-order valence-electron chi connectivity index (χ3n) is 6.38. The normalized spacial score (nSPS) is 16.6. The molecule has 0 radical (unpaired) electrons. The van der Waals surface area contributed by atoms with E-state index in [9.17, 15) is 9.59 Å². The van der Waals surface area contributed by atoms with Crippen LogP contribution in [0.2, 0.25) is 0 Å². The molecular weight excluding hydrogens is 490 g/mol. The van der Waals surface area contributed by atoms with Gasteiger partial charge in [-0.15, -0.1) is 0 Å². The highest BCUT2D eigenvalue weighted by Crippen LogP contribution is 2.48. The Kier molecular flexibility index (Phi) is 8.23. The number of esters is 1. The summed E-state index contributed by atoms with van der Waals surface area (Å²) in [6.07, 6.45) is 0.688. The number of carbonyl (C=O) groups excluding carboxylic acids is 2. The molecule has 1 atom stereocenters. The molecule has 2 aliphatic rings. The molecule has 8 nitrogen and oxygen atoms in total. The summed E-state index contributed by atoms with van der Waals surface area (Å²) in [6.45, 7) is 2.45. The first-order valence-corrected chi connectivity index (χ1v) is 12.8. The number of carbonyl (C=O) groups is 2. The second kappa shape index (κ2) is 11.6. The zero-order chi connectivity index (χ0) is 26.5. The van der Waals surface area contributed by atoms with E-state index in [1.807, 2.05) is 59.7 Å². The van der Waals surface area contributed by atoms with Crippen LogP contribution in [0.5, 0.6) is 11.5 Å². The number of hydrogen-bond acceptors (Lipinski definition) is 8. The maximum atomic E-state index is 13.3. The molecule has 0 unspecified atom stereocenters. The second-order valence-corrected chi connectivity index (χ2v) is 9.46. The summed E-state index contributed by atoms with van der Waals surface area (Å²) >= 11 is 1.44. The van der Waals surface area contributed by atoms with Crippen LogP contribution >= 0.6 is 11.8 Å². The van der Waals surface area contributed by atoms with Crippen molar-refractivity contribution in [2.24, 2.45) is 4.99 Å². The van der Waals surface area contributed by atoms with E-state index in [1.165, 1.54) is 18.9 Å². The molecule has 4 rings (SSSR count). The summed E-state index contributed by atoms with van der Waals surface area (Å²) in [5.41, 5.74) is 3.58. The molecule has 0 saturated heterocycles. The molecule has 2 aromatic rings. The summed E-state index contributed by atoms with van der Waals surface area (Å²) < 4.78 is 16.4. The molecule has 194 valence electrons. The molecule has 37 heavy (non-hydrogen) atoms. The zero-order valence-electron chi connectivity index (χ0n) is 21.7. The third kappa shape index (κ3) is 5.36. The van der Waals surface area contributed by atoms with Crippen LogP contribution in [0, 0.1) is 0 Å². The number of benzene rings is 2. The van der Waals surface area contributed by atoms with Gasteiger partial charge >= 0.3 is 5.97 Å². The van der Waals surface area contributed by atoms with Gasteiger partial charge in [-0.05, 0) is 35.6 Å². The molecule has 2 heterocycles. The Morgan fingerprint density at radius 2 is 1.84 bits per heavy atom. The lowest BCUT2D eigenvalue weighted by atomic mass is 9.92. The lowest BCUT2D eigenvalue weighted by Gasteiger charge is -2.37. The molecule has 0 N–H and O–H groups in total. The lowest BCUT2D eigenvalue weighted by molar-refractivity contribution is -0.136. The largest absolute Gasteiger partial charge is 0.497 e. The summed E-state index contributed by atoms with van der Waals surface area (Å²) in [7, 11) is 6.33. The third-order valence-corrected chi connectivity index (χ3v) is 7.27. The van der Waals surface area contributed by atoms with Crippen molar-refractivity contribution in [2.75, 3.05) is 28.4 Å². The van der Waals surface area contributed by atoms with Gasteiger partial charge in [0.1, 0.15) is 11.5 Å². The van der Waals surface area contributed by atoms with Crippen LogP contribution in [0.4, 0.5) is 0 Å². The van der Waals surface area contributed by atoms with Gasteiger partial charge in [0.15, 0.2) is 5.17 Å². The fraction of sp³-hybridized carbons (Fsp3) is 0.321. The van der Waals surface area contributed by atoms with Crippen molar-refractivity contribution in [1.82, 2.24) is 9.80 Å². The molecule has 0 spiro atoms. The minimum atomic E-state index is -0.603. The number of ether oxygens (including phenoxy) is 3. The molecule has 0 fully saturated rings. The number of hydrogen-bond donors (Lipinski definition) is 0. The van der Waals surface area contributed by atoms with Crippen molar-refractivity contribution in [3.63, 3.8) is 0 Å². The highest BCUT2D eigenvalue weighted by molar-refractivity contribution is 8.16. The van der Waals surface area contributed by atoms with Crippen LogP contribution in [0.1, 0.15) is 36.9 Å². The lowest BCUT2D eigenvalue weighted by Crippen LogP contribution is -2.38. The topological polar surface area (TPSA) is 80.7 Å². The fourth-order valence-corrected chi connectivity index (χ4v) is 5.43. The van der Waals surface area contributed by atoms with Gasteiger partial charge in [0.2, 0.25) is 5.91 Å². The smallest absolute Gasteiger partial charge is 0.338 e. The second-order valence-electron chi connectivity index (χ2n) is 8.62. The maximum Gasteiger partial charge on any atom is 0.338 e. The van der Waals surface area contributed by atoms with E-state index in [0.29, 0.717) is 40.9 Å². The molecule has 0 aliphatic carbocycles. The molecule has 0 bridgehead atoms. The van der Waals surface area contributed by atoms with Gasteiger partial charge in [-0.2, -0.15) is 0 Å². The number of nitrogens with zero attached hydrogens (tertiary/aromatic N) is 3. The number of amidine groups is 1. The number of methoxy groups -OCH3 is 3. The van der Waals surface area contributed by atoms with E-state index >= 15 is 0 Å². The summed E-state index contributed by atoms with van der Waals surface area (Å²) in [5.74, 6) is 0.697. The van der Waals surface area contributed by atoms with Crippen molar-refractivity contribution >= 4 is 28.8 Å². The predicted octanol–water partition coefficient (Wildman–Crippen LogP) is 4.89. The minimum Gasteiger partial charge on any atom is -0.497 e. The van der Waals surface area contributed by atoms with Crippen LogP contribution in [-0.4, -0.2) is 55.2 Å². The number of aliphatic imine (C=N–C) groups is 1. The van der Waals surface area contributed by atoms with E-state index in [0.717, 1.165) is 16.8 Å². The summed E-state index contributed by atoms with van der Waals surface area (Å²) in [4.78, 5) is 34.9. The highest BCUT2D eigenvalue weighted by Gasteiger charge is 2.43. The minimum absolute atomic E-state index is 0.0433. The molecular formula is C28H31N3O5S. The number of amides is 1. The Hall–Kier alpha value is -3.72. The van der Waals surface area contributed by atoms with E-state index in [4.69, 9.17) is 19.2 Å². The van der Waals surface area contributed by atoms with E-state index in [2.05, 4.69) is 0 Å². The van der Waals surface area contributed by atoms with Gasteiger partial charge in [0.25, 0.3) is 0 Å². The van der Waals surface area contributed by atoms with Crippen molar-refractivity contribution in [2.45, 2.75) is 32.4 Å². The van der Waals surface area contributed by atoms with Crippen molar-refractivity contribution < 1.29 is 23.8 Å². The monoisotopic (exact) mass is 521 g/mol. The van der Waals surface area contributed by atoms with Crippen molar-refractivity contribution in [1.29, 1.82) is 0 Å². The number of thioether (sulfide) groups is 1. The maximum absolute atomic E-state index is 13.3. The van der Waals surface area contributed by atoms with Crippen LogP contribution in [0.3, 0.4) is 0 Å². The summed E-state index contributed by atoms with van der Waals surface area (Å²) in [5, 5.41) is 2.63. The molecule has 1 amide bonds. The average Bonchev–Trinajstić information content (AvgIpc) is 3.33. The molecule has 0 aromatic heterocycles. The Labute approximate surface area is 221 Å².